The molecule has 0 saturated carbocycles. The molecule has 7 nitrogen and oxygen atoms in total. The van der Waals surface area contributed by atoms with Gasteiger partial charge in [0.25, 0.3) is 15.7 Å². The Hall–Kier alpha value is -2.74. The number of nitro benzene ring substituents is 1. The molecule has 0 amide bonds. The van der Waals surface area contributed by atoms with Crippen LogP contribution < -0.4 is 4.83 Å². The van der Waals surface area contributed by atoms with Gasteiger partial charge in [0.1, 0.15) is 0 Å². The van der Waals surface area contributed by atoms with Gasteiger partial charge in [0.2, 0.25) is 0 Å². The molecule has 0 saturated heterocycles. The summed E-state index contributed by atoms with van der Waals surface area (Å²) in [4.78, 5) is 12.2. The van der Waals surface area contributed by atoms with E-state index in [2.05, 4.69) is 9.93 Å². The largest absolute Gasteiger partial charge is 0.276 e. The predicted octanol–water partition coefficient (Wildman–Crippen LogP) is 2.91. The smallest absolute Gasteiger partial charge is 0.258 e. The standard InChI is InChI=1S/C16H17N3O4S/c1-11-4-7-14(8-5-11)13(3)17-18-24(22,23)15-9-6-12(2)16(10-15)19(20)21/h4-10,18H,1-3H3/b17-13-. The van der Waals surface area contributed by atoms with E-state index in [1.165, 1.54) is 12.1 Å². The molecule has 8 heteroatoms. The van der Waals surface area contributed by atoms with E-state index in [9.17, 15) is 18.5 Å². The third kappa shape index (κ3) is 3.96. The minimum Gasteiger partial charge on any atom is -0.258 e. The summed E-state index contributed by atoms with van der Waals surface area (Å²) in [5.41, 5.74) is 2.48. The quantitative estimate of drug-likeness (QED) is 0.510. The minimum absolute atomic E-state index is 0.208. The van der Waals surface area contributed by atoms with E-state index in [4.69, 9.17) is 0 Å². The van der Waals surface area contributed by atoms with E-state index in [0.717, 1.165) is 17.2 Å². The normalized spacial score (nSPS) is 12.0. The zero-order valence-corrected chi connectivity index (χ0v) is 14.3. The van der Waals surface area contributed by atoms with Crippen molar-refractivity contribution in [2.24, 2.45) is 5.10 Å². The zero-order valence-electron chi connectivity index (χ0n) is 13.5. The van der Waals surface area contributed by atoms with Gasteiger partial charge in [-0.25, -0.2) is 0 Å². The molecule has 0 heterocycles. The molecule has 126 valence electrons. The van der Waals surface area contributed by atoms with E-state index in [1.54, 1.807) is 13.8 Å². The second kappa shape index (κ2) is 6.79. The van der Waals surface area contributed by atoms with Crippen LogP contribution in [0.25, 0.3) is 0 Å². The third-order valence-corrected chi connectivity index (χ3v) is 4.70. The van der Waals surface area contributed by atoms with Gasteiger partial charge in [-0.1, -0.05) is 35.9 Å². The number of hydrogen-bond acceptors (Lipinski definition) is 5. The monoisotopic (exact) mass is 347 g/mol. The van der Waals surface area contributed by atoms with Gasteiger partial charge in [0.15, 0.2) is 0 Å². The molecule has 24 heavy (non-hydrogen) atoms. The van der Waals surface area contributed by atoms with Crippen LogP contribution in [-0.4, -0.2) is 19.1 Å². The van der Waals surface area contributed by atoms with Gasteiger partial charge in [0, 0.05) is 11.6 Å². The summed E-state index contributed by atoms with van der Waals surface area (Å²) in [7, 11) is -3.99. The highest BCUT2D eigenvalue weighted by atomic mass is 32.2. The van der Waals surface area contributed by atoms with Crippen molar-refractivity contribution in [1.29, 1.82) is 0 Å². The lowest BCUT2D eigenvalue weighted by molar-refractivity contribution is -0.385. The van der Waals surface area contributed by atoms with Gasteiger partial charge in [-0.15, -0.1) is 0 Å². The van der Waals surface area contributed by atoms with Crippen molar-refractivity contribution in [3.8, 4) is 0 Å². The lowest BCUT2D eigenvalue weighted by atomic mass is 10.1. The summed E-state index contributed by atoms with van der Waals surface area (Å²) in [6, 6.07) is 11.2. The number of aryl methyl sites for hydroxylation is 2. The molecule has 0 aliphatic rings. The highest BCUT2D eigenvalue weighted by molar-refractivity contribution is 7.89. The Morgan fingerprint density at radius 1 is 1.12 bits per heavy atom. The molecule has 2 aromatic rings. The molecule has 0 bridgehead atoms. The first-order chi connectivity index (χ1) is 11.2. The molecule has 0 atom stereocenters. The van der Waals surface area contributed by atoms with Gasteiger partial charge in [0.05, 0.1) is 15.5 Å². The SMILES string of the molecule is C/C(=N/NS(=O)(=O)c1ccc(C)c([N+](=O)[O-])c1)c1ccc(C)cc1. The Morgan fingerprint density at radius 3 is 2.33 bits per heavy atom. The summed E-state index contributed by atoms with van der Waals surface area (Å²) in [6.07, 6.45) is 0. The summed E-state index contributed by atoms with van der Waals surface area (Å²) >= 11 is 0. The Kier molecular flexibility index (Phi) is 4.99. The Labute approximate surface area is 140 Å². The molecular weight excluding hydrogens is 330 g/mol. The molecule has 0 aromatic heterocycles. The fraction of sp³-hybridized carbons (Fsp3) is 0.188. The lowest BCUT2D eigenvalue weighted by Crippen LogP contribution is -2.20. The van der Waals surface area contributed by atoms with Gasteiger partial charge in [-0.3, -0.25) is 10.1 Å². The van der Waals surface area contributed by atoms with Gasteiger partial charge >= 0.3 is 0 Å². The number of nitrogens with one attached hydrogen (secondary N) is 1. The number of rotatable bonds is 5. The highest BCUT2D eigenvalue weighted by Gasteiger charge is 2.19. The van der Waals surface area contributed by atoms with Crippen molar-refractivity contribution < 1.29 is 13.3 Å². The Balaban J connectivity index is 2.28. The van der Waals surface area contributed by atoms with Crippen LogP contribution in [-0.2, 0) is 10.0 Å². The van der Waals surface area contributed by atoms with Crippen LogP contribution in [0.1, 0.15) is 23.6 Å². The van der Waals surface area contributed by atoms with Gasteiger partial charge in [-0.05, 0) is 32.4 Å². The topological polar surface area (TPSA) is 102 Å². The van der Waals surface area contributed by atoms with Gasteiger partial charge in [-0.2, -0.15) is 18.4 Å². The number of benzene rings is 2. The first-order valence-corrected chi connectivity index (χ1v) is 8.57. The lowest BCUT2D eigenvalue weighted by Gasteiger charge is -2.06. The van der Waals surface area contributed by atoms with Crippen LogP contribution in [0.5, 0.6) is 0 Å². The maximum atomic E-state index is 12.3. The summed E-state index contributed by atoms with van der Waals surface area (Å²) in [5, 5.41) is 14.8. The molecule has 2 rings (SSSR count). The second-order valence-corrected chi connectivity index (χ2v) is 7.02. The number of nitrogens with zero attached hydrogens (tertiary/aromatic N) is 2. The molecular formula is C16H17N3O4S. The number of hydrogen-bond donors (Lipinski definition) is 1. The van der Waals surface area contributed by atoms with Crippen molar-refractivity contribution in [3.05, 3.63) is 69.3 Å². The highest BCUT2D eigenvalue weighted by Crippen LogP contribution is 2.22. The molecule has 2 aromatic carbocycles. The van der Waals surface area contributed by atoms with Crippen molar-refractivity contribution in [2.75, 3.05) is 0 Å². The van der Waals surface area contributed by atoms with Crippen molar-refractivity contribution in [1.82, 2.24) is 4.83 Å². The Morgan fingerprint density at radius 2 is 1.75 bits per heavy atom. The zero-order chi connectivity index (χ0) is 17.9. The molecule has 0 fully saturated rings. The summed E-state index contributed by atoms with van der Waals surface area (Å²) in [6.45, 7) is 5.16. The average Bonchev–Trinajstić information content (AvgIpc) is 2.53. The third-order valence-electron chi connectivity index (χ3n) is 3.49. The van der Waals surface area contributed by atoms with Crippen LogP contribution in [0.15, 0.2) is 52.5 Å². The fourth-order valence-electron chi connectivity index (χ4n) is 1.99. The van der Waals surface area contributed by atoms with E-state index in [0.29, 0.717) is 11.3 Å². The number of hydrazone groups is 1. The van der Waals surface area contributed by atoms with Crippen LogP contribution in [0.3, 0.4) is 0 Å². The maximum absolute atomic E-state index is 12.3. The van der Waals surface area contributed by atoms with Crippen LogP contribution in [0, 0.1) is 24.0 Å². The second-order valence-electron chi connectivity index (χ2n) is 5.36. The molecule has 0 spiro atoms. The van der Waals surface area contributed by atoms with Crippen LogP contribution in [0.4, 0.5) is 5.69 Å². The molecule has 0 radical (unpaired) electrons. The molecule has 1 N–H and O–H groups in total. The molecule has 0 unspecified atom stereocenters. The maximum Gasteiger partial charge on any atom is 0.276 e. The summed E-state index contributed by atoms with van der Waals surface area (Å²) in [5.74, 6) is 0. The van der Waals surface area contributed by atoms with E-state index in [1.807, 2.05) is 31.2 Å². The minimum atomic E-state index is -3.99. The molecule has 0 aliphatic heterocycles. The Bertz CT molecular complexity index is 903. The predicted molar refractivity (Wildman–Crippen MR) is 91.5 cm³/mol. The molecule has 0 aliphatic carbocycles. The first kappa shape index (κ1) is 17.6. The summed E-state index contributed by atoms with van der Waals surface area (Å²) < 4.78 is 24.5. The van der Waals surface area contributed by atoms with E-state index < -0.39 is 14.9 Å². The van der Waals surface area contributed by atoms with E-state index >= 15 is 0 Å². The fourth-order valence-corrected chi connectivity index (χ4v) is 2.87. The van der Waals surface area contributed by atoms with Crippen molar-refractivity contribution in [2.45, 2.75) is 25.7 Å². The first-order valence-electron chi connectivity index (χ1n) is 7.09. The van der Waals surface area contributed by atoms with Crippen LogP contribution >= 0.6 is 0 Å². The van der Waals surface area contributed by atoms with E-state index in [-0.39, 0.29) is 10.6 Å². The van der Waals surface area contributed by atoms with Crippen LogP contribution in [0.2, 0.25) is 0 Å². The number of nitro groups is 1. The van der Waals surface area contributed by atoms with Crippen molar-refractivity contribution >= 4 is 21.4 Å². The van der Waals surface area contributed by atoms with Gasteiger partial charge < -0.3 is 0 Å². The van der Waals surface area contributed by atoms with Crippen molar-refractivity contribution in [3.63, 3.8) is 0 Å². The average molecular weight is 347 g/mol. The number of sulfonamides is 1.